The lowest BCUT2D eigenvalue weighted by atomic mass is 9.71. The zero-order valence-electron chi connectivity index (χ0n) is 12.6. The first-order valence-corrected chi connectivity index (χ1v) is 8.16. The Hall–Kier alpha value is -1.69. The number of hydrogen-bond donors (Lipinski definition) is 1. The van der Waals surface area contributed by atoms with Crippen molar-refractivity contribution in [1.29, 1.82) is 5.26 Å². The van der Waals surface area contributed by atoms with Crippen LogP contribution in [0.2, 0.25) is 0 Å². The van der Waals surface area contributed by atoms with Gasteiger partial charge in [-0.15, -0.1) is 0 Å². The van der Waals surface area contributed by atoms with Crippen LogP contribution in [-0.2, 0) is 0 Å². The van der Waals surface area contributed by atoms with Crippen molar-refractivity contribution in [3.8, 4) is 11.8 Å². The molecule has 0 amide bonds. The number of nitrogens with zero attached hydrogens (tertiary/aromatic N) is 1. The highest BCUT2D eigenvalue weighted by Crippen LogP contribution is 2.49. The highest BCUT2D eigenvalue weighted by atomic mass is 16.5. The quantitative estimate of drug-likeness (QED) is 0.885. The maximum Gasteiger partial charge on any atom is 0.174 e. The zero-order chi connectivity index (χ0) is 14.5. The number of hydrogen-bond acceptors (Lipinski definition) is 3. The Kier molecular flexibility index (Phi) is 4.34. The molecular weight excluding hydrogens is 260 g/mol. The molecule has 21 heavy (non-hydrogen) atoms. The molecule has 112 valence electrons. The van der Waals surface area contributed by atoms with Crippen molar-refractivity contribution < 1.29 is 4.74 Å². The van der Waals surface area contributed by atoms with E-state index in [1.165, 1.54) is 51.4 Å². The summed E-state index contributed by atoms with van der Waals surface area (Å²) >= 11 is 0. The molecule has 1 spiro atoms. The molecule has 2 aliphatic carbocycles. The number of nitriles is 1. The van der Waals surface area contributed by atoms with Crippen LogP contribution in [0.3, 0.4) is 0 Å². The highest BCUT2D eigenvalue weighted by Gasteiger charge is 2.37. The monoisotopic (exact) mass is 284 g/mol. The Labute approximate surface area is 127 Å². The fourth-order valence-corrected chi connectivity index (χ4v) is 4.00. The third-order valence-electron chi connectivity index (χ3n) is 5.24. The smallest absolute Gasteiger partial charge is 0.174 e. The van der Waals surface area contributed by atoms with Crippen molar-refractivity contribution in [2.24, 2.45) is 5.41 Å². The molecule has 0 bridgehead atoms. The molecule has 1 N–H and O–H groups in total. The van der Waals surface area contributed by atoms with Gasteiger partial charge >= 0.3 is 0 Å². The minimum absolute atomic E-state index is 0.109. The van der Waals surface area contributed by atoms with Crippen LogP contribution in [0.1, 0.15) is 51.4 Å². The molecule has 0 heterocycles. The third kappa shape index (κ3) is 3.50. The first-order valence-electron chi connectivity index (χ1n) is 8.16. The van der Waals surface area contributed by atoms with Crippen molar-refractivity contribution in [3.63, 3.8) is 0 Å². The number of anilines is 1. The van der Waals surface area contributed by atoms with E-state index in [0.717, 1.165) is 11.4 Å². The van der Waals surface area contributed by atoms with Gasteiger partial charge in [0.05, 0.1) is 0 Å². The van der Waals surface area contributed by atoms with Crippen molar-refractivity contribution in [2.75, 3.05) is 11.9 Å². The first kappa shape index (κ1) is 14.3. The highest BCUT2D eigenvalue weighted by molar-refractivity contribution is 5.47. The van der Waals surface area contributed by atoms with Gasteiger partial charge in [-0.05, 0) is 68.2 Å². The van der Waals surface area contributed by atoms with Gasteiger partial charge < -0.3 is 10.1 Å². The lowest BCUT2D eigenvalue weighted by Crippen LogP contribution is -2.31. The van der Waals surface area contributed by atoms with Crippen LogP contribution in [0.25, 0.3) is 0 Å². The standard InChI is InChI=1S/C18H24N2O/c19-13-14-21-17-5-3-15(4-6-17)20-16-7-11-18(12-8-16)9-1-2-10-18/h3-6,16,20H,1-2,7-12,14H2. The van der Waals surface area contributed by atoms with Crippen LogP contribution < -0.4 is 10.1 Å². The van der Waals surface area contributed by atoms with Crippen LogP contribution in [0.5, 0.6) is 5.75 Å². The van der Waals surface area contributed by atoms with E-state index in [9.17, 15) is 0 Å². The minimum Gasteiger partial charge on any atom is -0.479 e. The topological polar surface area (TPSA) is 45.0 Å². The van der Waals surface area contributed by atoms with Gasteiger partial charge in [0.15, 0.2) is 6.61 Å². The molecule has 2 fully saturated rings. The number of nitrogens with one attached hydrogen (secondary N) is 1. The van der Waals surface area contributed by atoms with Gasteiger partial charge in [-0.25, -0.2) is 0 Å². The van der Waals surface area contributed by atoms with E-state index >= 15 is 0 Å². The van der Waals surface area contributed by atoms with Gasteiger partial charge in [0, 0.05) is 11.7 Å². The van der Waals surface area contributed by atoms with Crippen LogP contribution in [-0.4, -0.2) is 12.6 Å². The van der Waals surface area contributed by atoms with Gasteiger partial charge in [0.2, 0.25) is 0 Å². The molecule has 0 radical (unpaired) electrons. The summed E-state index contributed by atoms with van der Waals surface area (Å²) in [5.74, 6) is 0.760. The molecule has 0 unspecified atom stereocenters. The summed E-state index contributed by atoms with van der Waals surface area (Å²) in [6.07, 6.45) is 11.2. The molecule has 3 rings (SSSR count). The number of rotatable bonds is 4. The third-order valence-corrected chi connectivity index (χ3v) is 5.24. The Morgan fingerprint density at radius 1 is 1.10 bits per heavy atom. The molecule has 3 nitrogen and oxygen atoms in total. The number of benzene rings is 1. The molecule has 3 heteroatoms. The summed E-state index contributed by atoms with van der Waals surface area (Å²) in [7, 11) is 0. The molecule has 2 aliphatic rings. The molecule has 0 atom stereocenters. The molecule has 0 aromatic heterocycles. The van der Waals surface area contributed by atoms with Crippen molar-refractivity contribution in [1.82, 2.24) is 0 Å². The molecule has 0 saturated heterocycles. The minimum atomic E-state index is 0.109. The lowest BCUT2D eigenvalue weighted by Gasteiger charge is -2.37. The van der Waals surface area contributed by atoms with Crippen LogP contribution in [0.15, 0.2) is 24.3 Å². The predicted molar refractivity (Wildman–Crippen MR) is 84.3 cm³/mol. The first-order chi connectivity index (χ1) is 10.3. The van der Waals surface area contributed by atoms with E-state index in [4.69, 9.17) is 10.00 Å². The van der Waals surface area contributed by atoms with Gasteiger partial charge in [-0.1, -0.05) is 12.8 Å². The Morgan fingerprint density at radius 2 is 1.76 bits per heavy atom. The van der Waals surface area contributed by atoms with E-state index in [1.54, 1.807) is 0 Å². The normalized spacial score (nSPS) is 21.1. The summed E-state index contributed by atoms with van der Waals surface area (Å²) in [6, 6.07) is 10.6. The zero-order valence-corrected chi connectivity index (χ0v) is 12.6. The van der Waals surface area contributed by atoms with E-state index < -0.39 is 0 Å². The van der Waals surface area contributed by atoms with E-state index in [0.29, 0.717) is 11.5 Å². The Balaban J connectivity index is 1.50. The summed E-state index contributed by atoms with van der Waals surface area (Å²) in [4.78, 5) is 0. The maximum atomic E-state index is 8.50. The Morgan fingerprint density at radius 3 is 2.38 bits per heavy atom. The van der Waals surface area contributed by atoms with E-state index in [1.807, 2.05) is 30.3 Å². The fourth-order valence-electron chi connectivity index (χ4n) is 4.00. The van der Waals surface area contributed by atoms with E-state index in [-0.39, 0.29) is 6.61 Å². The van der Waals surface area contributed by atoms with Gasteiger partial charge in [0.1, 0.15) is 11.8 Å². The van der Waals surface area contributed by atoms with Crippen LogP contribution >= 0.6 is 0 Å². The van der Waals surface area contributed by atoms with Gasteiger partial charge in [-0.2, -0.15) is 5.26 Å². The summed E-state index contributed by atoms with van der Waals surface area (Å²) in [5, 5.41) is 12.1. The van der Waals surface area contributed by atoms with Crippen molar-refractivity contribution >= 4 is 5.69 Å². The molecule has 0 aliphatic heterocycles. The fraction of sp³-hybridized carbons (Fsp3) is 0.611. The second kappa shape index (κ2) is 6.39. The van der Waals surface area contributed by atoms with E-state index in [2.05, 4.69) is 5.32 Å². The molecule has 2 saturated carbocycles. The van der Waals surface area contributed by atoms with Crippen LogP contribution in [0.4, 0.5) is 5.69 Å². The second-order valence-electron chi connectivity index (χ2n) is 6.60. The largest absolute Gasteiger partial charge is 0.479 e. The summed E-state index contributed by atoms with van der Waals surface area (Å²) < 4.78 is 5.27. The molecule has 1 aromatic carbocycles. The number of ether oxygens (including phenoxy) is 1. The molecular formula is C18H24N2O. The second-order valence-corrected chi connectivity index (χ2v) is 6.60. The van der Waals surface area contributed by atoms with Crippen molar-refractivity contribution in [2.45, 2.75) is 57.4 Å². The van der Waals surface area contributed by atoms with Gasteiger partial charge in [0.25, 0.3) is 0 Å². The average Bonchev–Trinajstić information content (AvgIpc) is 2.98. The Bertz CT molecular complexity index is 487. The summed E-state index contributed by atoms with van der Waals surface area (Å²) in [5.41, 5.74) is 1.86. The van der Waals surface area contributed by atoms with Crippen LogP contribution in [0, 0.1) is 16.7 Å². The summed E-state index contributed by atoms with van der Waals surface area (Å²) in [6.45, 7) is 0.109. The predicted octanol–water partition coefficient (Wildman–Crippen LogP) is 4.50. The molecule has 1 aromatic rings. The average molecular weight is 284 g/mol. The maximum absolute atomic E-state index is 8.50. The lowest BCUT2D eigenvalue weighted by molar-refractivity contribution is 0.188. The van der Waals surface area contributed by atoms with Crippen molar-refractivity contribution in [3.05, 3.63) is 24.3 Å². The van der Waals surface area contributed by atoms with Gasteiger partial charge in [-0.3, -0.25) is 0 Å². The SMILES string of the molecule is N#CCOc1ccc(NC2CCC3(CCCC3)CC2)cc1.